The van der Waals surface area contributed by atoms with Crippen LogP contribution in [0.2, 0.25) is 0 Å². The summed E-state index contributed by atoms with van der Waals surface area (Å²) in [6.45, 7) is 6.21. The Morgan fingerprint density at radius 1 is 1.27 bits per heavy atom. The number of carbonyl (C=O) groups excluding carboxylic acids is 1. The van der Waals surface area contributed by atoms with Gasteiger partial charge in [0.1, 0.15) is 17.3 Å². The van der Waals surface area contributed by atoms with Crippen molar-refractivity contribution >= 4 is 17.5 Å². The molecule has 0 N–H and O–H groups in total. The molecule has 2 aliphatic heterocycles. The van der Waals surface area contributed by atoms with Crippen LogP contribution in [0.25, 0.3) is 0 Å². The minimum absolute atomic E-state index is 0.0579. The Morgan fingerprint density at radius 2 is 2.00 bits per heavy atom. The van der Waals surface area contributed by atoms with Crippen LogP contribution in [0.1, 0.15) is 44.4 Å². The molecule has 3 heterocycles. The molecule has 0 bridgehead atoms. The number of Topliss-reactive ketones (excluding diaryl/α,β-unsaturated/α-hetero) is 1. The molecule has 4 atom stereocenters. The van der Waals surface area contributed by atoms with Gasteiger partial charge in [0.2, 0.25) is 5.95 Å². The average Bonchev–Trinajstić information content (AvgIpc) is 2.93. The molecule has 0 spiro atoms. The molecule has 1 aromatic heterocycles. The number of hydrogen-bond donors (Lipinski definition) is 0. The number of hydrogen-bond acceptors (Lipinski definition) is 5. The van der Waals surface area contributed by atoms with Gasteiger partial charge in [0.05, 0.1) is 0 Å². The normalized spacial score (nSPS) is 33.7. The lowest BCUT2D eigenvalue weighted by atomic mass is 10.1. The third-order valence-corrected chi connectivity index (χ3v) is 6.78. The molecule has 26 heavy (non-hydrogen) atoms. The summed E-state index contributed by atoms with van der Waals surface area (Å²) < 4.78 is 28.8. The lowest BCUT2D eigenvalue weighted by Crippen LogP contribution is -2.47. The van der Waals surface area contributed by atoms with E-state index in [1.807, 2.05) is 4.90 Å². The number of carbonyl (C=O) groups is 1. The maximum atomic E-state index is 14.4. The third kappa shape index (κ3) is 2.35. The first kappa shape index (κ1) is 16.4. The van der Waals surface area contributed by atoms with E-state index >= 15 is 0 Å². The van der Waals surface area contributed by atoms with Gasteiger partial charge < -0.3 is 14.6 Å². The van der Waals surface area contributed by atoms with Gasteiger partial charge in [-0.3, -0.25) is 0 Å². The highest BCUT2D eigenvalue weighted by molar-refractivity contribution is 5.76. The molecule has 2 unspecified atom stereocenters. The molecule has 140 valence electrons. The highest BCUT2D eigenvalue weighted by atomic mass is 19.3. The lowest BCUT2D eigenvalue weighted by Gasteiger charge is -2.39. The second-order valence-electron chi connectivity index (χ2n) is 8.51. The number of nitrogens with zero attached hydrogens (tertiary/aromatic N) is 4. The molecule has 2 aliphatic carbocycles. The number of halogens is 2. The number of rotatable bonds is 4. The largest absolute Gasteiger partial charge is 0.356 e. The zero-order valence-electron chi connectivity index (χ0n) is 15.2. The molecular formula is C19H24F2N4O. The van der Waals surface area contributed by atoms with E-state index < -0.39 is 5.92 Å². The Balaban J connectivity index is 1.45. The van der Waals surface area contributed by atoms with E-state index in [-0.39, 0.29) is 17.9 Å². The molecule has 2 saturated heterocycles. The summed E-state index contributed by atoms with van der Waals surface area (Å²) in [5, 5.41) is 0. The number of alkyl halides is 2. The standard InChI is InChI=1S/C19H24F2N4O/c1-10-4-6-25(10)18-22-16-12(3-5-19(16,20)21)17(23-18)24-8-14-13(7-11(2)26)15(14)9-24/h10,13-15H,3-9H2,1-2H3/t10?,13?,14-,15+. The van der Waals surface area contributed by atoms with Gasteiger partial charge in [0.25, 0.3) is 5.92 Å². The molecule has 0 amide bonds. The maximum absolute atomic E-state index is 14.4. The Hall–Kier alpha value is -1.79. The lowest BCUT2D eigenvalue weighted by molar-refractivity contribution is -0.117. The van der Waals surface area contributed by atoms with Crippen LogP contribution in [0.5, 0.6) is 0 Å². The van der Waals surface area contributed by atoms with Crippen LogP contribution in [0.4, 0.5) is 20.5 Å². The SMILES string of the molecule is CC(=O)CC1[C@H]2CN(c3nc(N4CCC4C)nc4c3CCC4(F)F)C[C@@H]12. The van der Waals surface area contributed by atoms with Crippen molar-refractivity contribution in [2.75, 3.05) is 29.4 Å². The molecule has 1 aromatic rings. The van der Waals surface area contributed by atoms with Gasteiger partial charge in [0.15, 0.2) is 0 Å². The topological polar surface area (TPSA) is 49.3 Å². The minimum Gasteiger partial charge on any atom is -0.356 e. The summed E-state index contributed by atoms with van der Waals surface area (Å²) in [7, 11) is 0. The van der Waals surface area contributed by atoms with Crippen molar-refractivity contribution in [3.8, 4) is 0 Å². The molecular weight excluding hydrogens is 338 g/mol. The van der Waals surface area contributed by atoms with E-state index in [4.69, 9.17) is 4.98 Å². The summed E-state index contributed by atoms with van der Waals surface area (Å²) in [4.78, 5) is 24.6. The van der Waals surface area contributed by atoms with Crippen LogP contribution in [0.15, 0.2) is 0 Å². The first-order valence-corrected chi connectivity index (χ1v) is 9.65. The van der Waals surface area contributed by atoms with E-state index in [0.717, 1.165) is 31.9 Å². The van der Waals surface area contributed by atoms with Crippen LogP contribution in [0.3, 0.4) is 0 Å². The van der Waals surface area contributed by atoms with Crippen LogP contribution in [0, 0.1) is 17.8 Å². The predicted octanol–water partition coefficient (Wildman–Crippen LogP) is 2.77. The zero-order valence-corrected chi connectivity index (χ0v) is 15.2. The van der Waals surface area contributed by atoms with Crippen LogP contribution in [-0.2, 0) is 17.1 Å². The van der Waals surface area contributed by atoms with Gasteiger partial charge in [-0.25, -0.2) is 4.98 Å². The van der Waals surface area contributed by atoms with Crippen LogP contribution < -0.4 is 9.80 Å². The van der Waals surface area contributed by atoms with E-state index in [1.54, 1.807) is 6.92 Å². The second-order valence-corrected chi connectivity index (χ2v) is 8.51. The van der Waals surface area contributed by atoms with Crippen molar-refractivity contribution < 1.29 is 13.6 Å². The monoisotopic (exact) mass is 362 g/mol. The fourth-order valence-corrected chi connectivity index (χ4v) is 5.05. The van der Waals surface area contributed by atoms with Crippen LogP contribution in [-0.4, -0.2) is 41.4 Å². The summed E-state index contributed by atoms with van der Waals surface area (Å²) >= 11 is 0. The summed E-state index contributed by atoms with van der Waals surface area (Å²) in [6, 6.07) is 0.308. The summed E-state index contributed by atoms with van der Waals surface area (Å²) in [5.74, 6) is 0.0727. The molecule has 1 saturated carbocycles. The van der Waals surface area contributed by atoms with Crippen molar-refractivity contribution in [2.24, 2.45) is 17.8 Å². The van der Waals surface area contributed by atoms with Crippen molar-refractivity contribution in [3.05, 3.63) is 11.3 Å². The zero-order chi connectivity index (χ0) is 18.2. The van der Waals surface area contributed by atoms with E-state index in [0.29, 0.717) is 48.1 Å². The quantitative estimate of drug-likeness (QED) is 0.824. The van der Waals surface area contributed by atoms with E-state index in [2.05, 4.69) is 16.8 Å². The number of piperidine rings is 1. The van der Waals surface area contributed by atoms with Gasteiger partial charge in [-0.2, -0.15) is 13.8 Å². The Kier molecular flexibility index (Phi) is 3.38. The molecule has 4 aliphatic rings. The predicted molar refractivity (Wildman–Crippen MR) is 93.7 cm³/mol. The van der Waals surface area contributed by atoms with Gasteiger partial charge >= 0.3 is 0 Å². The highest BCUT2D eigenvalue weighted by Crippen LogP contribution is 2.55. The molecule has 5 nitrogen and oxygen atoms in total. The smallest absolute Gasteiger partial charge is 0.290 e. The van der Waals surface area contributed by atoms with E-state index in [1.165, 1.54) is 0 Å². The first-order valence-electron chi connectivity index (χ1n) is 9.65. The Morgan fingerprint density at radius 3 is 2.58 bits per heavy atom. The van der Waals surface area contributed by atoms with Gasteiger partial charge in [0, 0.05) is 44.1 Å². The average molecular weight is 362 g/mol. The number of fused-ring (bicyclic) bond motifs is 2. The molecule has 0 aromatic carbocycles. The van der Waals surface area contributed by atoms with Crippen molar-refractivity contribution in [1.29, 1.82) is 0 Å². The Bertz CT molecular complexity index is 771. The fourth-order valence-electron chi connectivity index (χ4n) is 5.05. The maximum Gasteiger partial charge on any atom is 0.290 e. The van der Waals surface area contributed by atoms with Crippen molar-refractivity contribution in [1.82, 2.24) is 9.97 Å². The minimum atomic E-state index is -2.85. The van der Waals surface area contributed by atoms with Crippen molar-refractivity contribution in [3.63, 3.8) is 0 Å². The van der Waals surface area contributed by atoms with Gasteiger partial charge in [-0.15, -0.1) is 0 Å². The van der Waals surface area contributed by atoms with Gasteiger partial charge in [-0.05, 0) is 44.4 Å². The molecule has 7 heteroatoms. The first-order chi connectivity index (χ1) is 12.3. The van der Waals surface area contributed by atoms with Gasteiger partial charge in [-0.1, -0.05) is 0 Å². The third-order valence-electron chi connectivity index (χ3n) is 6.78. The summed E-state index contributed by atoms with van der Waals surface area (Å²) in [6.07, 6.45) is 1.87. The Labute approximate surface area is 151 Å². The number of aromatic nitrogens is 2. The number of ketones is 1. The second kappa shape index (κ2) is 5.36. The summed E-state index contributed by atoms with van der Waals surface area (Å²) in [5.41, 5.74) is 0.578. The molecule has 0 radical (unpaired) electrons. The van der Waals surface area contributed by atoms with E-state index in [9.17, 15) is 13.6 Å². The fraction of sp³-hybridized carbons (Fsp3) is 0.737. The molecule has 3 fully saturated rings. The van der Waals surface area contributed by atoms with Crippen LogP contribution >= 0.6 is 0 Å². The number of anilines is 2. The highest BCUT2D eigenvalue weighted by Gasteiger charge is 2.56. The van der Waals surface area contributed by atoms with Crippen molar-refractivity contribution in [2.45, 2.75) is 51.5 Å². The molecule has 5 rings (SSSR count).